The molecule has 0 aliphatic rings. The molecule has 0 aliphatic heterocycles. The molecule has 0 fully saturated rings. The van der Waals surface area contributed by atoms with Gasteiger partial charge < -0.3 is 10.3 Å². The second-order valence-electron chi connectivity index (χ2n) is 4.00. The lowest BCUT2D eigenvalue weighted by molar-refractivity contribution is 0.530. The first-order valence-electron chi connectivity index (χ1n) is 5.90. The van der Waals surface area contributed by atoms with Crippen molar-refractivity contribution in [2.24, 2.45) is 0 Å². The predicted octanol–water partition coefficient (Wildman–Crippen LogP) is 3.40. The predicted molar refractivity (Wildman–Crippen MR) is 72.8 cm³/mol. The molecule has 1 aromatic heterocycles. The molecule has 0 spiro atoms. The van der Waals surface area contributed by atoms with Gasteiger partial charge in [0, 0.05) is 18.0 Å². The maximum Gasteiger partial charge on any atom is 0.142 e. The summed E-state index contributed by atoms with van der Waals surface area (Å²) in [5.74, 6) is 0.475. The second-order valence-corrected chi connectivity index (χ2v) is 4.86. The molecule has 0 amide bonds. The summed E-state index contributed by atoms with van der Waals surface area (Å²) in [4.78, 5) is 7.25. The highest BCUT2D eigenvalue weighted by atomic mass is 79.9. The van der Waals surface area contributed by atoms with Crippen molar-refractivity contribution in [1.29, 1.82) is 0 Å². The molecule has 1 unspecified atom stereocenters. The molecule has 0 bridgehead atoms. The Morgan fingerprint density at radius 3 is 3.00 bits per heavy atom. The number of nitrogens with one attached hydrogen (secondary N) is 2. The SMILES string of the molecule is CCCNC(c1ncc[nH]1)c1cccc(Br)c1F. The van der Waals surface area contributed by atoms with Gasteiger partial charge in [-0.15, -0.1) is 0 Å². The molecule has 0 radical (unpaired) electrons. The van der Waals surface area contributed by atoms with Crippen molar-refractivity contribution < 1.29 is 4.39 Å². The Hall–Kier alpha value is -1.20. The zero-order chi connectivity index (χ0) is 13.0. The number of imidazole rings is 1. The van der Waals surface area contributed by atoms with Crippen molar-refractivity contribution in [3.63, 3.8) is 0 Å². The number of aromatic nitrogens is 2. The third kappa shape index (κ3) is 2.79. The van der Waals surface area contributed by atoms with Crippen LogP contribution in [0.25, 0.3) is 0 Å². The van der Waals surface area contributed by atoms with Crippen LogP contribution in [0.2, 0.25) is 0 Å². The minimum Gasteiger partial charge on any atom is -0.347 e. The highest BCUT2D eigenvalue weighted by Gasteiger charge is 2.20. The van der Waals surface area contributed by atoms with E-state index in [0.29, 0.717) is 10.0 Å². The van der Waals surface area contributed by atoms with Gasteiger partial charge in [0.05, 0.1) is 10.5 Å². The van der Waals surface area contributed by atoms with Crippen LogP contribution in [-0.2, 0) is 0 Å². The van der Waals surface area contributed by atoms with Crippen LogP contribution in [0.5, 0.6) is 0 Å². The quantitative estimate of drug-likeness (QED) is 0.888. The van der Waals surface area contributed by atoms with E-state index in [4.69, 9.17) is 0 Å². The number of benzene rings is 1. The molecule has 0 aliphatic carbocycles. The summed E-state index contributed by atoms with van der Waals surface area (Å²) >= 11 is 3.21. The zero-order valence-corrected chi connectivity index (χ0v) is 11.7. The highest BCUT2D eigenvalue weighted by molar-refractivity contribution is 9.10. The van der Waals surface area contributed by atoms with Crippen molar-refractivity contribution in [2.45, 2.75) is 19.4 Å². The molecule has 1 heterocycles. The van der Waals surface area contributed by atoms with Crippen molar-refractivity contribution in [1.82, 2.24) is 15.3 Å². The van der Waals surface area contributed by atoms with Gasteiger partial charge in [0.25, 0.3) is 0 Å². The van der Waals surface area contributed by atoms with Gasteiger partial charge in [-0.2, -0.15) is 0 Å². The van der Waals surface area contributed by atoms with Gasteiger partial charge in [-0.25, -0.2) is 9.37 Å². The maximum absolute atomic E-state index is 14.1. The lowest BCUT2D eigenvalue weighted by Crippen LogP contribution is -2.25. The number of hydrogen-bond donors (Lipinski definition) is 2. The fourth-order valence-corrected chi connectivity index (χ4v) is 2.20. The van der Waals surface area contributed by atoms with Crippen molar-refractivity contribution in [2.75, 3.05) is 6.54 Å². The van der Waals surface area contributed by atoms with Crippen molar-refractivity contribution in [3.05, 3.63) is 52.3 Å². The smallest absolute Gasteiger partial charge is 0.142 e. The third-order valence-electron chi connectivity index (χ3n) is 2.68. The van der Waals surface area contributed by atoms with Gasteiger partial charge in [0.15, 0.2) is 0 Å². The van der Waals surface area contributed by atoms with Crippen LogP contribution in [0.15, 0.2) is 35.1 Å². The van der Waals surface area contributed by atoms with E-state index in [1.54, 1.807) is 24.5 Å². The largest absolute Gasteiger partial charge is 0.347 e. The van der Waals surface area contributed by atoms with Crippen LogP contribution in [-0.4, -0.2) is 16.5 Å². The summed E-state index contributed by atoms with van der Waals surface area (Å²) in [6.07, 6.45) is 4.39. The van der Waals surface area contributed by atoms with E-state index in [1.807, 2.05) is 6.07 Å². The molecule has 3 nitrogen and oxygen atoms in total. The van der Waals surface area contributed by atoms with Gasteiger partial charge in [0.2, 0.25) is 0 Å². The summed E-state index contributed by atoms with van der Waals surface area (Å²) in [6, 6.07) is 5.04. The molecule has 2 aromatic rings. The Morgan fingerprint density at radius 1 is 1.50 bits per heavy atom. The Labute approximate surface area is 114 Å². The first-order chi connectivity index (χ1) is 8.74. The summed E-state index contributed by atoms with van der Waals surface area (Å²) < 4.78 is 14.6. The van der Waals surface area contributed by atoms with Crippen LogP contribution >= 0.6 is 15.9 Å². The van der Waals surface area contributed by atoms with Gasteiger partial charge >= 0.3 is 0 Å². The summed E-state index contributed by atoms with van der Waals surface area (Å²) in [5, 5.41) is 3.30. The topological polar surface area (TPSA) is 40.7 Å². The second kappa shape index (κ2) is 6.11. The average Bonchev–Trinajstić information content (AvgIpc) is 2.88. The fourth-order valence-electron chi connectivity index (χ4n) is 1.82. The minimum absolute atomic E-state index is 0.248. The molecular formula is C13H15BrFN3. The average molecular weight is 312 g/mol. The Morgan fingerprint density at radius 2 is 2.33 bits per heavy atom. The van der Waals surface area contributed by atoms with Gasteiger partial charge in [0.1, 0.15) is 11.6 Å². The number of aromatic amines is 1. The minimum atomic E-state index is -0.252. The molecule has 5 heteroatoms. The summed E-state index contributed by atoms with van der Waals surface area (Å²) in [7, 11) is 0. The van der Waals surface area contributed by atoms with E-state index in [1.165, 1.54) is 0 Å². The molecule has 96 valence electrons. The molecule has 0 saturated heterocycles. The van der Waals surface area contributed by atoms with Crippen LogP contribution in [0.4, 0.5) is 4.39 Å². The monoisotopic (exact) mass is 311 g/mol. The van der Waals surface area contributed by atoms with Gasteiger partial charge in [-0.1, -0.05) is 19.1 Å². The first-order valence-corrected chi connectivity index (χ1v) is 6.70. The summed E-state index contributed by atoms with van der Waals surface area (Å²) in [5.41, 5.74) is 0.591. The molecule has 1 aromatic carbocycles. The Bertz CT molecular complexity index is 499. The van der Waals surface area contributed by atoms with Crippen molar-refractivity contribution >= 4 is 15.9 Å². The number of nitrogens with zero attached hydrogens (tertiary/aromatic N) is 1. The number of H-pyrrole nitrogens is 1. The highest BCUT2D eigenvalue weighted by Crippen LogP contribution is 2.26. The van der Waals surface area contributed by atoms with Crippen molar-refractivity contribution in [3.8, 4) is 0 Å². The molecule has 18 heavy (non-hydrogen) atoms. The van der Waals surface area contributed by atoms with E-state index in [0.717, 1.165) is 18.8 Å². The van der Waals surface area contributed by atoms with Crippen LogP contribution in [0.1, 0.15) is 30.8 Å². The van der Waals surface area contributed by atoms with Crippen LogP contribution in [0.3, 0.4) is 0 Å². The van der Waals surface area contributed by atoms with Gasteiger partial charge in [-0.05, 0) is 35.0 Å². The van der Waals surface area contributed by atoms with E-state index in [2.05, 4.69) is 38.1 Å². The molecule has 2 N–H and O–H groups in total. The molecular weight excluding hydrogens is 297 g/mol. The lowest BCUT2D eigenvalue weighted by Gasteiger charge is -2.18. The lowest BCUT2D eigenvalue weighted by atomic mass is 10.1. The van der Waals surface area contributed by atoms with Crippen LogP contribution in [0, 0.1) is 5.82 Å². The fraction of sp³-hybridized carbons (Fsp3) is 0.308. The molecule has 0 saturated carbocycles. The third-order valence-corrected chi connectivity index (χ3v) is 3.30. The van der Waals surface area contributed by atoms with E-state index < -0.39 is 0 Å². The first kappa shape index (κ1) is 13.2. The Kier molecular flexibility index (Phi) is 4.49. The van der Waals surface area contributed by atoms with E-state index >= 15 is 0 Å². The normalized spacial score (nSPS) is 12.6. The van der Waals surface area contributed by atoms with Crippen LogP contribution < -0.4 is 5.32 Å². The van der Waals surface area contributed by atoms with E-state index in [-0.39, 0.29) is 11.9 Å². The maximum atomic E-state index is 14.1. The Balaban J connectivity index is 2.37. The van der Waals surface area contributed by atoms with Gasteiger partial charge in [-0.3, -0.25) is 0 Å². The zero-order valence-electron chi connectivity index (χ0n) is 10.1. The summed E-state index contributed by atoms with van der Waals surface area (Å²) in [6.45, 7) is 2.88. The number of halogens is 2. The standard InChI is InChI=1S/C13H15BrFN3/c1-2-6-16-12(13-17-7-8-18-13)9-4-3-5-10(14)11(9)15/h3-5,7-8,12,16H,2,6H2,1H3,(H,17,18). The number of hydrogen-bond acceptors (Lipinski definition) is 2. The van der Waals surface area contributed by atoms with E-state index in [9.17, 15) is 4.39 Å². The molecule has 2 rings (SSSR count). The number of rotatable bonds is 5. The molecule has 1 atom stereocenters.